The molecule has 1 unspecified atom stereocenters. The standard InChI is InChI=1S/C15H17N3O2/c1-3-19-14-5-10-4-9(2)20-13(10)6-12(14)15-17-7-11(16)8-18-15/h5-9H,3-4,16H2,1-2H3. The highest BCUT2D eigenvalue weighted by molar-refractivity contribution is 5.69. The van der Waals surface area contributed by atoms with E-state index < -0.39 is 0 Å². The van der Waals surface area contributed by atoms with Gasteiger partial charge in [0.2, 0.25) is 0 Å². The molecule has 5 heteroatoms. The largest absolute Gasteiger partial charge is 0.493 e. The van der Waals surface area contributed by atoms with Crippen molar-refractivity contribution in [2.75, 3.05) is 12.3 Å². The highest BCUT2D eigenvalue weighted by atomic mass is 16.5. The van der Waals surface area contributed by atoms with Crippen LogP contribution in [0.5, 0.6) is 11.5 Å². The van der Waals surface area contributed by atoms with Gasteiger partial charge in [-0.3, -0.25) is 0 Å². The summed E-state index contributed by atoms with van der Waals surface area (Å²) in [6.07, 6.45) is 4.28. The Morgan fingerprint density at radius 2 is 2.10 bits per heavy atom. The minimum Gasteiger partial charge on any atom is -0.493 e. The zero-order valence-corrected chi connectivity index (χ0v) is 11.6. The average Bonchev–Trinajstić information content (AvgIpc) is 2.78. The SMILES string of the molecule is CCOc1cc2c(cc1-c1ncc(N)cn1)OC(C)C2. The number of hydrogen-bond acceptors (Lipinski definition) is 5. The summed E-state index contributed by atoms with van der Waals surface area (Å²) >= 11 is 0. The van der Waals surface area contributed by atoms with Crippen molar-refractivity contribution in [3.05, 3.63) is 30.1 Å². The van der Waals surface area contributed by atoms with Crippen LogP contribution < -0.4 is 15.2 Å². The molecule has 0 saturated carbocycles. The summed E-state index contributed by atoms with van der Waals surface area (Å²) in [6, 6.07) is 3.98. The van der Waals surface area contributed by atoms with Gasteiger partial charge in [0.1, 0.15) is 17.6 Å². The molecule has 0 aliphatic carbocycles. The summed E-state index contributed by atoms with van der Waals surface area (Å²) in [5.41, 5.74) is 8.17. The van der Waals surface area contributed by atoms with Crippen LogP contribution in [-0.4, -0.2) is 22.7 Å². The summed E-state index contributed by atoms with van der Waals surface area (Å²) in [5, 5.41) is 0. The molecule has 1 atom stereocenters. The van der Waals surface area contributed by atoms with E-state index in [1.54, 1.807) is 12.4 Å². The minimum absolute atomic E-state index is 0.196. The van der Waals surface area contributed by atoms with Crippen LogP contribution in [-0.2, 0) is 6.42 Å². The van der Waals surface area contributed by atoms with Gasteiger partial charge in [0.05, 0.1) is 30.3 Å². The molecule has 0 amide bonds. The maximum Gasteiger partial charge on any atom is 0.163 e. The number of anilines is 1. The van der Waals surface area contributed by atoms with Gasteiger partial charge in [0.15, 0.2) is 5.82 Å². The molecule has 2 aromatic rings. The van der Waals surface area contributed by atoms with Crippen molar-refractivity contribution in [2.24, 2.45) is 0 Å². The minimum atomic E-state index is 0.196. The number of aromatic nitrogens is 2. The van der Waals surface area contributed by atoms with Crippen molar-refractivity contribution in [3.8, 4) is 22.9 Å². The number of nitrogens with two attached hydrogens (primary N) is 1. The van der Waals surface area contributed by atoms with Crippen LogP contribution in [0.2, 0.25) is 0 Å². The molecule has 0 saturated heterocycles. The summed E-state index contributed by atoms with van der Waals surface area (Å²) in [6.45, 7) is 4.61. The first-order chi connectivity index (χ1) is 9.67. The number of nitrogen functional groups attached to an aromatic ring is 1. The van der Waals surface area contributed by atoms with Gasteiger partial charge in [-0.15, -0.1) is 0 Å². The predicted molar refractivity (Wildman–Crippen MR) is 76.8 cm³/mol. The van der Waals surface area contributed by atoms with Crippen molar-refractivity contribution >= 4 is 5.69 Å². The molecule has 0 bridgehead atoms. The Morgan fingerprint density at radius 1 is 1.35 bits per heavy atom. The maximum atomic E-state index is 5.79. The van der Waals surface area contributed by atoms with Gasteiger partial charge in [-0.05, 0) is 26.0 Å². The second-order valence-electron chi connectivity index (χ2n) is 4.86. The topological polar surface area (TPSA) is 70.3 Å². The third-order valence-corrected chi connectivity index (χ3v) is 3.21. The van der Waals surface area contributed by atoms with E-state index in [0.29, 0.717) is 18.1 Å². The lowest BCUT2D eigenvalue weighted by atomic mass is 10.1. The second-order valence-corrected chi connectivity index (χ2v) is 4.86. The molecule has 0 fully saturated rings. The lowest BCUT2D eigenvalue weighted by molar-refractivity contribution is 0.254. The van der Waals surface area contributed by atoms with E-state index >= 15 is 0 Å². The van der Waals surface area contributed by atoms with E-state index in [-0.39, 0.29) is 6.10 Å². The van der Waals surface area contributed by atoms with Crippen LogP contribution >= 0.6 is 0 Å². The van der Waals surface area contributed by atoms with E-state index in [2.05, 4.69) is 16.9 Å². The van der Waals surface area contributed by atoms with Crippen molar-refractivity contribution in [2.45, 2.75) is 26.4 Å². The van der Waals surface area contributed by atoms with E-state index in [1.165, 1.54) is 5.56 Å². The van der Waals surface area contributed by atoms with Crippen LogP contribution in [0, 0.1) is 0 Å². The van der Waals surface area contributed by atoms with Gasteiger partial charge >= 0.3 is 0 Å². The fourth-order valence-electron chi connectivity index (χ4n) is 2.37. The lowest BCUT2D eigenvalue weighted by Gasteiger charge is -2.11. The van der Waals surface area contributed by atoms with Crippen molar-refractivity contribution in [3.63, 3.8) is 0 Å². The van der Waals surface area contributed by atoms with Gasteiger partial charge in [-0.25, -0.2) is 9.97 Å². The fraction of sp³-hybridized carbons (Fsp3) is 0.333. The second kappa shape index (κ2) is 5.00. The molecule has 1 aromatic heterocycles. The molecule has 0 spiro atoms. The lowest BCUT2D eigenvalue weighted by Crippen LogP contribution is -2.05. The monoisotopic (exact) mass is 271 g/mol. The van der Waals surface area contributed by atoms with E-state index in [1.807, 2.05) is 19.1 Å². The molecule has 104 valence electrons. The molecular formula is C15H17N3O2. The zero-order chi connectivity index (χ0) is 14.1. The number of rotatable bonds is 3. The van der Waals surface area contributed by atoms with E-state index in [4.69, 9.17) is 15.2 Å². The first-order valence-corrected chi connectivity index (χ1v) is 6.71. The smallest absolute Gasteiger partial charge is 0.163 e. The normalized spacial score (nSPS) is 16.6. The van der Waals surface area contributed by atoms with E-state index in [0.717, 1.165) is 23.5 Å². The highest BCUT2D eigenvalue weighted by Gasteiger charge is 2.23. The Kier molecular flexibility index (Phi) is 3.18. The quantitative estimate of drug-likeness (QED) is 0.928. The molecule has 5 nitrogen and oxygen atoms in total. The van der Waals surface area contributed by atoms with Crippen LogP contribution in [0.3, 0.4) is 0 Å². The summed E-state index contributed by atoms with van der Waals surface area (Å²) in [7, 11) is 0. The average molecular weight is 271 g/mol. The highest BCUT2D eigenvalue weighted by Crippen LogP contribution is 2.38. The molecule has 1 aromatic carbocycles. The van der Waals surface area contributed by atoms with Gasteiger partial charge in [-0.1, -0.05) is 0 Å². The molecule has 0 radical (unpaired) electrons. The molecule has 1 aliphatic rings. The van der Waals surface area contributed by atoms with Crippen LogP contribution in [0.15, 0.2) is 24.5 Å². The van der Waals surface area contributed by atoms with Gasteiger partial charge in [0.25, 0.3) is 0 Å². The summed E-state index contributed by atoms with van der Waals surface area (Å²) in [4.78, 5) is 8.53. The Hall–Kier alpha value is -2.30. The van der Waals surface area contributed by atoms with Gasteiger partial charge < -0.3 is 15.2 Å². The molecule has 20 heavy (non-hydrogen) atoms. The number of hydrogen-bond donors (Lipinski definition) is 1. The Labute approximate surface area is 117 Å². The number of fused-ring (bicyclic) bond motifs is 1. The third-order valence-electron chi connectivity index (χ3n) is 3.21. The van der Waals surface area contributed by atoms with Crippen molar-refractivity contribution in [1.29, 1.82) is 0 Å². The molecule has 2 N–H and O–H groups in total. The molecule has 1 aliphatic heterocycles. The molecule has 2 heterocycles. The third kappa shape index (κ3) is 2.27. The van der Waals surface area contributed by atoms with Crippen LogP contribution in [0.25, 0.3) is 11.4 Å². The number of ether oxygens (including phenoxy) is 2. The summed E-state index contributed by atoms with van der Waals surface area (Å²) in [5.74, 6) is 2.26. The number of nitrogens with zero attached hydrogens (tertiary/aromatic N) is 2. The Bertz CT molecular complexity index is 626. The molecular weight excluding hydrogens is 254 g/mol. The van der Waals surface area contributed by atoms with Gasteiger partial charge in [-0.2, -0.15) is 0 Å². The van der Waals surface area contributed by atoms with Gasteiger partial charge in [0, 0.05) is 12.0 Å². The predicted octanol–water partition coefficient (Wildman–Crippen LogP) is 2.45. The Morgan fingerprint density at radius 3 is 2.80 bits per heavy atom. The van der Waals surface area contributed by atoms with Crippen LogP contribution in [0.1, 0.15) is 19.4 Å². The van der Waals surface area contributed by atoms with Crippen molar-refractivity contribution < 1.29 is 9.47 Å². The van der Waals surface area contributed by atoms with E-state index in [9.17, 15) is 0 Å². The zero-order valence-electron chi connectivity index (χ0n) is 11.6. The van der Waals surface area contributed by atoms with Crippen molar-refractivity contribution in [1.82, 2.24) is 9.97 Å². The number of benzene rings is 1. The summed E-state index contributed by atoms with van der Waals surface area (Å²) < 4.78 is 11.5. The maximum absolute atomic E-state index is 5.79. The van der Waals surface area contributed by atoms with Crippen LogP contribution in [0.4, 0.5) is 5.69 Å². The Balaban J connectivity index is 2.09. The first-order valence-electron chi connectivity index (χ1n) is 6.71. The fourth-order valence-corrected chi connectivity index (χ4v) is 2.37. The first kappa shape index (κ1) is 12.7. The molecule has 3 rings (SSSR count).